The van der Waals surface area contributed by atoms with Gasteiger partial charge < -0.3 is 9.30 Å². The van der Waals surface area contributed by atoms with Gasteiger partial charge in [0.15, 0.2) is 0 Å². The lowest BCUT2D eigenvalue weighted by Gasteiger charge is -2.04. The van der Waals surface area contributed by atoms with E-state index >= 15 is 0 Å². The summed E-state index contributed by atoms with van der Waals surface area (Å²) in [4.78, 5) is 4.07. The normalized spacial score (nSPS) is 11.2. The van der Waals surface area contributed by atoms with Crippen LogP contribution in [0.3, 0.4) is 0 Å². The second-order valence-corrected chi connectivity index (χ2v) is 6.66. The molecule has 1 aromatic heterocycles. The Morgan fingerprint density at radius 1 is 0.739 bits per heavy atom. The van der Waals surface area contributed by atoms with Gasteiger partial charge in [0, 0.05) is 32.2 Å². The topological polar surface area (TPSA) is 27.1 Å². The van der Waals surface area contributed by atoms with Crippen molar-refractivity contribution in [2.75, 3.05) is 13.2 Å². The molecule has 0 atom stereocenters. The molecule has 0 saturated heterocycles. The van der Waals surface area contributed by atoms with Crippen LogP contribution in [-0.4, -0.2) is 22.8 Å². The Labute approximate surface area is 143 Å². The molecule has 0 aliphatic carbocycles. The first-order chi connectivity index (χ1) is 11.4. The van der Waals surface area contributed by atoms with E-state index in [1.54, 1.807) is 0 Å². The summed E-state index contributed by atoms with van der Waals surface area (Å²) in [7, 11) is 0. The molecule has 3 heteroatoms. The molecule has 23 heavy (non-hydrogen) atoms. The van der Waals surface area contributed by atoms with E-state index in [2.05, 4.69) is 22.7 Å². The zero-order chi connectivity index (χ0) is 16.4. The van der Waals surface area contributed by atoms with Gasteiger partial charge in [0.2, 0.25) is 0 Å². The number of rotatable bonds is 17. The number of hydrogen-bond acceptors (Lipinski definition) is 2. The summed E-state index contributed by atoms with van der Waals surface area (Å²) in [6.45, 7) is 5.27. The van der Waals surface area contributed by atoms with Crippen LogP contribution in [0, 0.1) is 0 Å². The molecule has 1 rings (SSSR count). The largest absolute Gasteiger partial charge is 0.381 e. The first-order valence-electron chi connectivity index (χ1n) is 9.97. The van der Waals surface area contributed by atoms with Crippen molar-refractivity contribution in [1.29, 1.82) is 0 Å². The summed E-state index contributed by atoms with van der Waals surface area (Å²) < 4.78 is 7.76. The van der Waals surface area contributed by atoms with E-state index in [4.69, 9.17) is 4.74 Å². The molecule has 0 aliphatic rings. The van der Waals surface area contributed by atoms with Crippen LogP contribution in [0.4, 0.5) is 0 Å². The number of hydrogen-bond donors (Lipinski definition) is 0. The Hall–Kier alpha value is -0.830. The predicted octanol–water partition coefficient (Wildman–Crippen LogP) is 5.99. The van der Waals surface area contributed by atoms with Gasteiger partial charge in [0.1, 0.15) is 0 Å². The maximum Gasteiger partial charge on any atom is 0.0945 e. The van der Waals surface area contributed by atoms with E-state index in [0.717, 1.165) is 19.8 Å². The highest BCUT2D eigenvalue weighted by atomic mass is 16.5. The standard InChI is InChI=1S/C20H38N2O/c1-2-3-18-23-19-14-12-10-8-6-4-5-7-9-11-13-16-22-17-15-21-20-22/h15,17,20H,2-14,16,18-19H2,1H3. The van der Waals surface area contributed by atoms with Crippen LogP contribution in [0.1, 0.15) is 90.4 Å². The Morgan fingerprint density at radius 3 is 1.87 bits per heavy atom. The fraction of sp³-hybridized carbons (Fsp3) is 0.850. The number of imidazole rings is 1. The summed E-state index contributed by atoms with van der Waals surface area (Å²) in [6.07, 6.45) is 23.4. The lowest BCUT2D eigenvalue weighted by Crippen LogP contribution is -1.96. The van der Waals surface area contributed by atoms with Crippen LogP contribution in [0.2, 0.25) is 0 Å². The van der Waals surface area contributed by atoms with Crippen LogP contribution in [0.25, 0.3) is 0 Å². The Kier molecular flexibility index (Phi) is 14.1. The minimum Gasteiger partial charge on any atom is -0.381 e. The third-order valence-electron chi connectivity index (χ3n) is 4.41. The smallest absolute Gasteiger partial charge is 0.0945 e. The van der Waals surface area contributed by atoms with E-state index in [1.807, 2.05) is 12.5 Å². The van der Waals surface area contributed by atoms with Gasteiger partial charge in [0.05, 0.1) is 6.33 Å². The molecule has 0 bridgehead atoms. The fourth-order valence-corrected chi connectivity index (χ4v) is 2.86. The van der Waals surface area contributed by atoms with E-state index in [9.17, 15) is 0 Å². The predicted molar refractivity (Wildman–Crippen MR) is 98.7 cm³/mol. The maximum atomic E-state index is 5.58. The van der Waals surface area contributed by atoms with Gasteiger partial charge in [-0.1, -0.05) is 71.1 Å². The number of ether oxygens (including phenoxy) is 1. The van der Waals surface area contributed by atoms with Gasteiger partial charge in [-0.15, -0.1) is 0 Å². The van der Waals surface area contributed by atoms with Crippen LogP contribution < -0.4 is 0 Å². The molecule has 0 saturated carbocycles. The van der Waals surface area contributed by atoms with E-state index < -0.39 is 0 Å². The Balaban J connectivity index is 1.67. The Morgan fingerprint density at radius 2 is 1.30 bits per heavy atom. The molecule has 1 heterocycles. The highest BCUT2D eigenvalue weighted by Gasteiger charge is 1.95. The zero-order valence-corrected chi connectivity index (χ0v) is 15.3. The second kappa shape index (κ2) is 16.0. The van der Waals surface area contributed by atoms with Crippen molar-refractivity contribution in [2.24, 2.45) is 0 Å². The lowest BCUT2D eigenvalue weighted by atomic mass is 10.1. The van der Waals surface area contributed by atoms with Crippen molar-refractivity contribution < 1.29 is 4.74 Å². The summed E-state index contributed by atoms with van der Waals surface area (Å²) in [6, 6.07) is 0. The van der Waals surface area contributed by atoms with Gasteiger partial charge in [-0.05, 0) is 19.3 Å². The molecular formula is C20H38N2O. The van der Waals surface area contributed by atoms with Gasteiger partial charge in [-0.25, -0.2) is 4.98 Å². The van der Waals surface area contributed by atoms with Crippen molar-refractivity contribution in [3.05, 3.63) is 18.7 Å². The first kappa shape index (κ1) is 20.2. The SMILES string of the molecule is CCCCOCCCCCCCCCCCCCn1ccnc1. The minimum absolute atomic E-state index is 0.957. The highest BCUT2D eigenvalue weighted by molar-refractivity contribution is 4.73. The number of aromatic nitrogens is 2. The van der Waals surface area contributed by atoms with Crippen LogP contribution in [0.15, 0.2) is 18.7 Å². The van der Waals surface area contributed by atoms with Crippen molar-refractivity contribution in [1.82, 2.24) is 9.55 Å². The third kappa shape index (κ3) is 13.3. The maximum absolute atomic E-state index is 5.58. The van der Waals surface area contributed by atoms with Crippen molar-refractivity contribution in [2.45, 2.75) is 96.9 Å². The van der Waals surface area contributed by atoms with Crippen molar-refractivity contribution in [3.8, 4) is 0 Å². The van der Waals surface area contributed by atoms with Gasteiger partial charge in [-0.2, -0.15) is 0 Å². The summed E-state index contributed by atoms with van der Waals surface area (Å²) in [5, 5.41) is 0. The average molecular weight is 323 g/mol. The molecule has 0 aliphatic heterocycles. The van der Waals surface area contributed by atoms with Crippen LogP contribution in [0.5, 0.6) is 0 Å². The minimum atomic E-state index is 0.957. The quantitative estimate of drug-likeness (QED) is 0.329. The molecule has 0 fully saturated rings. The van der Waals surface area contributed by atoms with Gasteiger partial charge >= 0.3 is 0 Å². The average Bonchev–Trinajstić information content (AvgIpc) is 3.08. The highest BCUT2D eigenvalue weighted by Crippen LogP contribution is 2.11. The molecule has 1 aromatic rings. The third-order valence-corrected chi connectivity index (χ3v) is 4.41. The lowest BCUT2D eigenvalue weighted by molar-refractivity contribution is 0.127. The molecule has 0 spiro atoms. The monoisotopic (exact) mass is 322 g/mol. The van der Waals surface area contributed by atoms with E-state index in [0.29, 0.717) is 0 Å². The molecular weight excluding hydrogens is 284 g/mol. The molecule has 0 aromatic carbocycles. The number of nitrogens with zero attached hydrogens (tertiary/aromatic N) is 2. The first-order valence-corrected chi connectivity index (χ1v) is 9.97. The van der Waals surface area contributed by atoms with Gasteiger partial charge in [0.25, 0.3) is 0 Å². The van der Waals surface area contributed by atoms with Crippen LogP contribution in [-0.2, 0) is 11.3 Å². The molecule has 0 radical (unpaired) electrons. The van der Waals surface area contributed by atoms with E-state index in [-0.39, 0.29) is 0 Å². The molecule has 134 valence electrons. The molecule has 0 unspecified atom stereocenters. The summed E-state index contributed by atoms with van der Waals surface area (Å²) in [5.74, 6) is 0. The summed E-state index contributed by atoms with van der Waals surface area (Å²) >= 11 is 0. The van der Waals surface area contributed by atoms with Crippen molar-refractivity contribution >= 4 is 0 Å². The number of aryl methyl sites for hydroxylation is 1. The molecule has 0 amide bonds. The summed E-state index contributed by atoms with van der Waals surface area (Å²) in [5.41, 5.74) is 0. The second-order valence-electron chi connectivity index (χ2n) is 6.66. The van der Waals surface area contributed by atoms with Gasteiger partial charge in [-0.3, -0.25) is 0 Å². The number of unbranched alkanes of at least 4 members (excludes halogenated alkanes) is 11. The molecule has 0 N–H and O–H groups in total. The van der Waals surface area contributed by atoms with E-state index in [1.165, 1.54) is 83.5 Å². The molecule has 3 nitrogen and oxygen atoms in total. The zero-order valence-electron chi connectivity index (χ0n) is 15.3. The Bertz CT molecular complexity index is 324. The fourth-order valence-electron chi connectivity index (χ4n) is 2.86. The van der Waals surface area contributed by atoms with Crippen LogP contribution >= 0.6 is 0 Å². The van der Waals surface area contributed by atoms with Crippen molar-refractivity contribution in [3.63, 3.8) is 0 Å².